The largest absolute Gasteiger partial charge is 0.497 e. The maximum absolute atomic E-state index is 11.0. The molecule has 1 saturated heterocycles. The number of ether oxygens (including phenoxy) is 1. The molecule has 5 heteroatoms. The zero-order chi connectivity index (χ0) is 15.2. The second-order valence-corrected chi connectivity index (χ2v) is 5.67. The number of hydrogen-bond acceptors (Lipinski definition) is 4. The molecule has 21 heavy (non-hydrogen) atoms. The van der Waals surface area contributed by atoms with E-state index >= 15 is 0 Å². The summed E-state index contributed by atoms with van der Waals surface area (Å²) in [6.07, 6.45) is 2.52. The molecule has 0 aromatic heterocycles. The summed E-state index contributed by atoms with van der Waals surface area (Å²) in [5, 5.41) is 0. The van der Waals surface area contributed by atoms with Gasteiger partial charge in [0.15, 0.2) is 0 Å². The Morgan fingerprint density at radius 3 is 2.43 bits per heavy atom. The van der Waals surface area contributed by atoms with E-state index in [1.54, 1.807) is 7.11 Å². The molecule has 0 radical (unpaired) electrons. The maximum atomic E-state index is 11.0. The van der Waals surface area contributed by atoms with E-state index in [2.05, 4.69) is 17.0 Å². The topological polar surface area (TPSA) is 81.6 Å². The van der Waals surface area contributed by atoms with Gasteiger partial charge >= 0.3 is 0 Å². The number of carbonyl (C=O) groups is 1. The molecular weight excluding hydrogens is 266 g/mol. The van der Waals surface area contributed by atoms with Crippen molar-refractivity contribution in [3.8, 4) is 5.75 Å². The second-order valence-electron chi connectivity index (χ2n) is 5.67. The lowest BCUT2D eigenvalue weighted by Gasteiger charge is -2.37. The lowest BCUT2D eigenvalue weighted by molar-refractivity contribution is -0.119. The van der Waals surface area contributed by atoms with E-state index in [0.717, 1.165) is 31.7 Å². The molecule has 1 aromatic rings. The minimum absolute atomic E-state index is 0.195. The highest BCUT2D eigenvalue weighted by molar-refractivity contribution is 5.73. The highest BCUT2D eigenvalue weighted by atomic mass is 16.5. The Bertz CT molecular complexity index is 453. The van der Waals surface area contributed by atoms with Crippen LogP contribution in [0.3, 0.4) is 0 Å². The first-order chi connectivity index (χ1) is 10.1. The number of primary amides is 1. The van der Waals surface area contributed by atoms with Gasteiger partial charge in [0.25, 0.3) is 0 Å². The van der Waals surface area contributed by atoms with E-state index in [4.69, 9.17) is 16.2 Å². The zero-order valence-corrected chi connectivity index (χ0v) is 12.6. The summed E-state index contributed by atoms with van der Waals surface area (Å²) >= 11 is 0. The summed E-state index contributed by atoms with van der Waals surface area (Å²) in [6, 6.07) is 8.32. The van der Waals surface area contributed by atoms with Crippen molar-refractivity contribution in [3.63, 3.8) is 0 Å². The normalized spacial score (nSPS) is 18.4. The molecule has 1 aliphatic rings. The number of nitrogens with two attached hydrogens (primary N) is 2. The van der Waals surface area contributed by atoms with Crippen LogP contribution in [0, 0.1) is 5.92 Å². The zero-order valence-electron chi connectivity index (χ0n) is 12.6. The van der Waals surface area contributed by atoms with E-state index in [9.17, 15) is 4.79 Å². The van der Waals surface area contributed by atoms with Gasteiger partial charge in [-0.3, -0.25) is 9.69 Å². The maximum Gasteiger partial charge on any atom is 0.217 e. The quantitative estimate of drug-likeness (QED) is 0.827. The molecule has 0 aliphatic carbocycles. The average molecular weight is 291 g/mol. The van der Waals surface area contributed by atoms with Crippen molar-refractivity contribution in [2.75, 3.05) is 26.7 Å². The third-order valence-corrected chi connectivity index (χ3v) is 4.30. The van der Waals surface area contributed by atoms with Gasteiger partial charge in [0.2, 0.25) is 5.91 Å². The van der Waals surface area contributed by atoms with E-state index in [1.807, 2.05) is 12.1 Å². The number of piperidine rings is 1. The molecule has 2 rings (SSSR count). The van der Waals surface area contributed by atoms with Crippen LogP contribution in [-0.4, -0.2) is 37.6 Å². The number of likely N-dealkylation sites (tertiary alicyclic amines) is 1. The van der Waals surface area contributed by atoms with E-state index in [1.165, 1.54) is 5.56 Å². The fourth-order valence-electron chi connectivity index (χ4n) is 3.08. The van der Waals surface area contributed by atoms with Crippen LogP contribution in [0.5, 0.6) is 5.75 Å². The minimum Gasteiger partial charge on any atom is -0.497 e. The van der Waals surface area contributed by atoms with Crippen LogP contribution in [0.25, 0.3) is 0 Å². The Labute approximate surface area is 126 Å². The Balaban J connectivity index is 1.97. The summed E-state index contributed by atoms with van der Waals surface area (Å²) in [5.41, 5.74) is 12.5. The molecule has 1 aromatic carbocycles. The lowest BCUT2D eigenvalue weighted by Crippen LogP contribution is -2.40. The van der Waals surface area contributed by atoms with E-state index in [0.29, 0.717) is 18.9 Å². The fourth-order valence-corrected chi connectivity index (χ4v) is 3.08. The number of benzene rings is 1. The van der Waals surface area contributed by atoms with Gasteiger partial charge in [0.1, 0.15) is 5.75 Å². The van der Waals surface area contributed by atoms with Crippen molar-refractivity contribution in [2.24, 2.45) is 17.4 Å². The number of nitrogens with zero attached hydrogens (tertiary/aromatic N) is 1. The molecule has 1 heterocycles. The standard InChI is InChI=1S/C16H25N3O2/c1-21-14-4-2-13(3-5-14)15(11-17)19-8-6-12(7-9-19)10-16(18)20/h2-5,12,15H,6-11,17H2,1H3,(H2,18,20). The third-order valence-electron chi connectivity index (χ3n) is 4.30. The van der Waals surface area contributed by atoms with Crippen molar-refractivity contribution in [3.05, 3.63) is 29.8 Å². The van der Waals surface area contributed by atoms with E-state index in [-0.39, 0.29) is 11.9 Å². The fraction of sp³-hybridized carbons (Fsp3) is 0.562. The van der Waals surface area contributed by atoms with Gasteiger partial charge in [0.05, 0.1) is 7.11 Å². The number of methoxy groups -OCH3 is 1. The number of amides is 1. The first-order valence-electron chi connectivity index (χ1n) is 7.50. The van der Waals surface area contributed by atoms with Crippen molar-refractivity contribution in [1.82, 2.24) is 4.90 Å². The van der Waals surface area contributed by atoms with Gasteiger partial charge in [-0.2, -0.15) is 0 Å². The molecule has 1 aliphatic heterocycles. The Morgan fingerprint density at radius 1 is 1.33 bits per heavy atom. The Kier molecular flexibility index (Phi) is 5.59. The average Bonchev–Trinajstić information content (AvgIpc) is 2.50. The third kappa shape index (κ3) is 4.19. The van der Waals surface area contributed by atoms with Crippen molar-refractivity contribution < 1.29 is 9.53 Å². The van der Waals surface area contributed by atoms with Crippen LogP contribution in [0.2, 0.25) is 0 Å². The van der Waals surface area contributed by atoms with Crippen LogP contribution in [-0.2, 0) is 4.79 Å². The summed E-state index contributed by atoms with van der Waals surface area (Å²) in [6.45, 7) is 2.52. The highest BCUT2D eigenvalue weighted by Gasteiger charge is 2.26. The second kappa shape index (κ2) is 7.43. The van der Waals surface area contributed by atoms with Gasteiger partial charge in [0, 0.05) is 19.0 Å². The number of hydrogen-bond donors (Lipinski definition) is 2. The molecule has 1 fully saturated rings. The Hall–Kier alpha value is -1.59. The SMILES string of the molecule is COc1ccc(C(CN)N2CCC(CC(N)=O)CC2)cc1. The molecular formula is C16H25N3O2. The molecule has 0 spiro atoms. The Morgan fingerprint density at radius 2 is 1.95 bits per heavy atom. The highest BCUT2D eigenvalue weighted by Crippen LogP contribution is 2.28. The molecule has 116 valence electrons. The van der Waals surface area contributed by atoms with Crippen LogP contribution in [0.1, 0.15) is 30.9 Å². The van der Waals surface area contributed by atoms with Crippen LogP contribution < -0.4 is 16.2 Å². The number of carbonyl (C=O) groups excluding carboxylic acids is 1. The molecule has 0 bridgehead atoms. The molecule has 4 N–H and O–H groups in total. The van der Waals surface area contributed by atoms with Gasteiger partial charge in [-0.25, -0.2) is 0 Å². The van der Waals surface area contributed by atoms with Crippen LogP contribution in [0.15, 0.2) is 24.3 Å². The van der Waals surface area contributed by atoms with Crippen molar-refractivity contribution in [2.45, 2.75) is 25.3 Å². The molecule has 1 atom stereocenters. The van der Waals surface area contributed by atoms with Gasteiger partial charge in [-0.1, -0.05) is 12.1 Å². The minimum atomic E-state index is -0.195. The molecule has 5 nitrogen and oxygen atoms in total. The van der Waals surface area contributed by atoms with Gasteiger partial charge < -0.3 is 16.2 Å². The van der Waals surface area contributed by atoms with Gasteiger partial charge in [-0.15, -0.1) is 0 Å². The smallest absolute Gasteiger partial charge is 0.217 e. The summed E-state index contributed by atoms with van der Waals surface area (Å²) < 4.78 is 5.19. The predicted octanol–water partition coefficient (Wildman–Crippen LogP) is 1.28. The first kappa shape index (κ1) is 15.8. The van der Waals surface area contributed by atoms with E-state index < -0.39 is 0 Å². The monoisotopic (exact) mass is 291 g/mol. The molecule has 1 unspecified atom stereocenters. The predicted molar refractivity (Wildman–Crippen MR) is 82.9 cm³/mol. The summed E-state index contributed by atoms with van der Waals surface area (Å²) in [5.74, 6) is 1.08. The van der Waals surface area contributed by atoms with Crippen LogP contribution in [0.4, 0.5) is 0 Å². The van der Waals surface area contributed by atoms with Gasteiger partial charge in [-0.05, 0) is 49.5 Å². The molecule has 0 saturated carbocycles. The summed E-state index contributed by atoms with van der Waals surface area (Å²) in [4.78, 5) is 13.4. The first-order valence-corrected chi connectivity index (χ1v) is 7.50. The molecule has 1 amide bonds. The van der Waals surface area contributed by atoms with Crippen molar-refractivity contribution >= 4 is 5.91 Å². The lowest BCUT2D eigenvalue weighted by atomic mass is 9.91. The van der Waals surface area contributed by atoms with Crippen molar-refractivity contribution in [1.29, 1.82) is 0 Å². The number of rotatable bonds is 6. The van der Waals surface area contributed by atoms with Crippen LogP contribution >= 0.6 is 0 Å². The summed E-state index contributed by atoms with van der Waals surface area (Å²) in [7, 11) is 1.67.